The van der Waals surface area contributed by atoms with Gasteiger partial charge in [0.2, 0.25) is 0 Å². The molecule has 0 saturated carbocycles. The van der Waals surface area contributed by atoms with Gasteiger partial charge in [0.1, 0.15) is 5.57 Å². The van der Waals surface area contributed by atoms with Crippen molar-refractivity contribution in [2.24, 2.45) is 0 Å². The van der Waals surface area contributed by atoms with Crippen molar-refractivity contribution in [3.63, 3.8) is 0 Å². The molecule has 32 heavy (non-hydrogen) atoms. The molecule has 0 spiro atoms. The van der Waals surface area contributed by atoms with Crippen LogP contribution < -0.4 is 5.32 Å². The van der Waals surface area contributed by atoms with Crippen LogP contribution in [0.25, 0.3) is 17.0 Å². The molecule has 0 unspecified atom stereocenters. The first-order valence-corrected chi connectivity index (χ1v) is 10.1. The van der Waals surface area contributed by atoms with Crippen LogP contribution in [0.1, 0.15) is 11.1 Å². The van der Waals surface area contributed by atoms with Gasteiger partial charge in [-0.2, -0.15) is 0 Å². The number of hydrogen-bond donors (Lipinski definition) is 1. The van der Waals surface area contributed by atoms with Gasteiger partial charge in [0, 0.05) is 47.9 Å². The molecular formula is C23H18N4O4S. The molecule has 1 fully saturated rings. The minimum Gasteiger partial charge on any atom is -0.342 e. The van der Waals surface area contributed by atoms with Crippen molar-refractivity contribution in [2.75, 3.05) is 6.54 Å². The summed E-state index contributed by atoms with van der Waals surface area (Å²) in [5.74, 6) is -1.03. The molecule has 1 aliphatic rings. The molecule has 3 aromatic rings. The topological polar surface area (TPSA) is 97.5 Å². The van der Waals surface area contributed by atoms with Crippen molar-refractivity contribution >= 4 is 51.8 Å². The number of carbonyl (C=O) groups is 2. The fourth-order valence-electron chi connectivity index (χ4n) is 3.59. The van der Waals surface area contributed by atoms with Crippen LogP contribution in [0.4, 0.5) is 5.69 Å². The third-order valence-electron chi connectivity index (χ3n) is 5.12. The summed E-state index contributed by atoms with van der Waals surface area (Å²) in [5.41, 5.74) is 2.50. The highest BCUT2D eigenvalue weighted by molar-refractivity contribution is 7.80. The van der Waals surface area contributed by atoms with Gasteiger partial charge in [0.25, 0.3) is 17.5 Å². The number of nitro groups is 1. The summed E-state index contributed by atoms with van der Waals surface area (Å²) in [6.45, 7) is 4.28. The van der Waals surface area contributed by atoms with E-state index in [9.17, 15) is 19.7 Å². The van der Waals surface area contributed by atoms with Crippen LogP contribution in [0.3, 0.4) is 0 Å². The van der Waals surface area contributed by atoms with Crippen LogP contribution in [-0.2, 0) is 16.1 Å². The highest BCUT2D eigenvalue weighted by Gasteiger charge is 2.32. The van der Waals surface area contributed by atoms with Crippen molar-refractivity contribution in [2.45, 2.75) is 6.54 Å². The third kappa shape index (κ3) is 3.93. The lowest BCUT2D eigenvalue weighted by atomic mass is 10.1. The standard InChI is InChI=1S/C23H18N4O4S/c1-2-11-26-22(29)19(21(28)24-23(26)32)12-16-14-25(20-6-4-3-5-18(16)20)13-15-7-9-17(10-8-15)27(30)31/h2-10,12,14H,1,11,13H2,(H,24,28,32)/b19-12-. The fraction of sp³-hybridized carbons (Fsp3) is 0.0870. The van der Waals surface area contributed by atoms with Gasteiger partial charge in [-0.3, -0.25) is 29.9 Å². The summed E-state index contributed by atoms with van der Waals surface area (Å²) in [6, 6.07) is 14.0. The largest absolute Gasteiger partial charge is 0.342 e. The maximum absolute atomic E-state index is 12.9. The van der Waals surface area contributed by atoms with Gasteiger partial charge >= 0.3 is 0 Å². The molecule has 9 heteroatoms. The zero-order valence-corrected chi connectivity index (χ0v) is 17.7. The summed E-state index contributed by atoms with van der Waals surface area (Å²) in [5, 5.41) is 14.4. The molecule has 0 aliphatic carbocycles. The lowest BCUT2D eigenvalue weighted by molar-refractivity contribution is -0.384. The number of fused-ring (bicyclic) bond motifs is 1. The minimum atomic E-state index is -0.549. The van der Waals surface area contributed by atoms with Crippen LogP contribution in [0, 0.1) is 10.1 Å². The van der Waals surface area contributed by atoms with Crippen molar-refractivity contribution in [1.29, 1.82) is 0 Å². The number of rotatable bonds is 6. The van der Waals surface area contributed by atoms with E-state index in [0.717, 1.165) is 16.5 Å². The first-order chi connectivity index (χ1) is 15.4. The van der Waals surface area contributed by atoms with Gasteiger partial charge in [-0.25, -0.2) is 0 Å². The Morgan fingerprint density at radius 3 is 2.53 bits per heavy atom. The number of non-ortho nitro benzene ring substituents is 1. The van der Waals surface area contributed by atoms with Gasteiger partial charge in [-0.15, -0.1) is 6.58 Å². The lowest BCUT2D eigenvalue weighted by Gasteiger charge is -2.27. The number of carbonyl (C=O) groups excluding carboxylic acids is 2. The number of amides is 2. The quantitative estimate of drug-likeness (QED) is 0.156. The maximum atomic E-state index is 12.9. The molecule has 8 nitrogen and oxygen atoms in total. The van der Waals surface area contributed by atoms with Crippen molar-refractivity contribution in [3.05, 3.63) is 94.2 Å². The van der Waals surface area contributed by atoms with E-state index in [1.807, 2.05) is 35.0 Å². The van der Waals surface area contributed by atoms with E-state index >= 15 is 0 Å². The second kappa shape index (κ2) is 8.56. The molecule has 4 rings (SSSR count). The number of thiocarbonyl (C=S) groups is 1. The zero-order chi connectivity index (χ0) is 22.8. The predicted molar refractivity (Wildman–Crippen MR) is 125 cm³/mol. The SMILES string of the molecule is C=CCN1C(=O)/C(=C\c2cn(Cc3ccc([N+](=O)[O-])cc3)c3ccccc23)C(=O)NC1=S. The number of aromatic nitrogens is 1. The highest BCUT2D eigenvalue weighted by Crippen LogP contribution is 2.26. The Bertz CT molecular complexity index is 1310. The number of nitro benzene ring substituents is 1. The molecule has 0 bridgehead atoms. The molecule has 1 saturated heterocycles. The first-order valence-electron chi connectivity index (χ1n) is 9.70. The summed E-state index contributed by atoms with van der Waals surface area (Å²) in [7, 11) is 0. The third-order valence-corrected chi connectivity index (χ3v) is 5.44. The molecular weight excluding hydrogens is 428 g/mol. The van der Waals surface area contributed by atoms with Gasteiger partial charge in [-0.1, -0.05) is 36.4 Å². The van der Waals surface area contributed by atoms with Gasteiger partial charge in [0.15, 0.2) is 5.11 Å². The lowest BCUT2D eigenvalue weighted by Crippen LogP contribution is -2.53. The Labute approximate surface area is 188 Å². The second-order valence-corrected chi connectivity index (χ2v) is 7.56. The molecule has 2 aromatic carbocycles. The van der Waals surface area contributed by atoms with Gasteiger partial charge in [0.05, 0.1) is 4.92 Å². The van der Waals surface area contributed by atoms with E-state index in [-0.39, 0.29) is 22.9 Å². The number of hydrogen-bond acceptors (Lipinski definition) is 5. The average molecular weight is 446 g/mol. The summed E-state index contributed by atoms with van der Waals surface area (Å²) >= 11 is 5.10. The van der Waals surface area contributed by atoms with Crippen LogP contribution in [0.2, 0.25) is 0 Å². The molecule has 0 atom stereocenters. The van der Waals surface area contributed by atoms with E-state index in [4.69, 9.17) is 12.2 Å². The molecule has 1 aliphatic heterocycles. The fourth-order valence-corrected chi connectivity index (χ4v) is 3.84. The van der Waals surface area contributed by atoms with E-state index < -0.39 is 16.7 Å². The van der Waals surface area contributed by atoms with Crippen molar-refractivity contribution in [3.8, 4) is 0 Å². The number of nitrogens with one attached hydrogen (secondary N) is 1. The smallest absolute Gasteiger partial charge is 0.269 e. The number of benzene rings is 2. The maximum Gasteiger partial charge on any atom is 0.269 e. The van der Waals surface area contributed by atoms with Crippen LogP contribution in [-0.4, -0.2) is 37.9 Å². The zero-order valence-electron chi connectivity index (χ0n) is 16.9. The van der Waals surface area contributed by atoms with Crippen LogP contribution in [0.5, 0.6) is 0 Å². The monoisotopic (exact) mass is 446 g/mol. The second-order valence-electron chi connectivity index (χ2n) is 7.17. The summed E-state index contributed by atoms with van der Waals surface area (Å²) in [6.07, 6.45) is 4.95. The van der Waals surface area contributed by atoms with E-state index in [2.05, 4.69) is 11.9 Å². The molecule has 1 N–H and O–H groups in total. The molecule has 2 amide bonds. The Balaban J connectivity index is 1.73. The Kier molecular flexibility index (Phi) is 5.65. The minimum absolute atomic E-state index is 0.0151. The number of para-hydroxylation sites is 1. The molecule has 160 valence electrons. The predicted octanol–water partition coefficient (Wildman–Crippen LogP) is 3.41. The van der Waals surface area contributed by atoms with Crippen LogP contribution >= 0.6 is 12.2 Å². The van der Waals surface area contributed by atoms with E-state index in [1.54, 1.807) is 18.2 Å². The van der Waals surface area contributed by atoms with Crippen molar-refractivity contribution < 1.29 is 14.5 Å². The van der Waals surface area contributed by atoms with Gasteiger partial charge < -0.3 is 4.57 Å². The van der Waals surface area contributed by atoms with Gasteiger partial charge in [-0.05, 0) is 29.9 Å². The van der Waals surface area contributed by atoms with E-state index in [0.29, 0.717) is 12.1 Å². The molecule has 2 heterocycles. The van der Waals surface area contributed by atoms with Crippen molar-refractivity contribution in [1.82, 2.24) is 14.8 Å². The van der Waals surface area contributed by atoms with E-state index in [1.165, 1.54) is 23.1 Å². The molecule has 0 radical (unpaired) electrons. The average Bonchev–Trinajstić information content (AvgIpc) is 3.12. The Morgan fingerprint density at radius 1 is 1.12 bits per heavy atom. The summed E-state index contributed by atoms with van der Waals surface area (Å²) in [4.78, 5) is 37.1. The normalized spacial score (nSPS) is 15.3. The van der Waals surface area contributed by atoms with Crippen LogP contribution in [0.15, 0.2) is 73.0 Å². The number of nitrogens with zero attached hydrogens (tertiary/aromatic N) is 3. The Morgan fingerprint density at radius 2 is 1.84 bits per heavy atom. The Hall–Kier alpha value is -4.11. The first kappa shape index (κ1) is 21.1. The summed E-state index contributed by atoms with van der Waals surface area (Å²) < 4.78 is 1.97. The highest BCUT2D eigenvalue weighted by atomic mass is 32.1. The molecule has 1 aromatic heterocycles.